The molecule has 104 valence electrons. The Bertz CT molecular complexity index is 526. The van der Waals surface area contributed by atoms with Gasteiger partial charge in [-0.25, -0.2) is 0 Å². The lowest BCUT2D eigenvalue weighted by atomic mass is 10.1. The van der Waals surface area contributed by atoms with Crippen LogP contribution in [0.25, 0.3) is 0 Å². The molecule has 6 nitrogen and oxygen atoms in total. The minimum atomic E-state index is -1.09. The van der Waals surface area contributed by atoms with Crippen molar-refractivity contribution in [2.45, 2.75) is 19.4 Å². The average Bonchev–Trinajstić information content (AvgIpc) is 2.28. The van der Waals surface area contributed by atoms with Gasteiger partial charge in [-0.15, -0.1) is 0 Å². The second kappa shape index (κ2) is 5.73. The molecular formula is C11H12Cl2N2O4. The van der Waals surface area contributed by atoms with Crippen molar-refractivity contribution in [2.75, 3.05) is 6.54 Å². The van der Waals surface area contributed by atoms with Crippen LogP contribution in [0.1, 0.15) is 24.2 Å². The molecule has 0 aliphatic rings. The molecule has 0 radical (unpaired) electrons. The highest BCUT2D eigenvalue weighted by Crippen LogP contribution is 2.33. The number of nitrogens with zero attached hydrogens (tertiary/aromatic N) is 1. The lowest BCUT2D eigenvalue weighted by molar-refractivity contribution is -0.384. The molecule has 1 amide bonds. The fourth-order valence-electron chi connectivity index (χ4n) is 1.24. The lowest BCUT2D eigenvalue weighted by Gasteiger charge is -2.17. The summed E-state index contributed by atoms with van der Waals surface area (Å²) in [5, 5.41) is 22.4. The van der Waals surface area contributed by atoms with Crippen molar-refractivity contribution in [1.82, 2.24) is 5.32 Å². The molecule has 19 heavy (non-hydrogen) atoms. The molecule has 0 fully saturated rings. The Morgan fingerprint density at radius 1 is 1.47 bits per heavy atom. The van der Waals surface area contributed by atoms with Crippen molar-refractivity contribution in [3.05, 3.63) is 37.9 Å². The number of carbonyl (C=O) groups excluding carboxylic acids is 1. The summed E-state index contributed by atoms with van der Waals surface area (Å²) >= 11 is 11.4. The number of nitro groups is 1. The van der Waals surface area contributed by atoms with Gasteiger partial charge < -0.3 is 10.4 Å². The topological polar surface area (TPSA) is 92.5 Å². The van der Waals surface area contributed by atoms with E-state index in [2.05, 4.69) is 5.32 Å². The van der Waals surface area contributed by atoms with Gasteiger partial charge in [0.25, 0.3) is 11.6 Å². The molecule has 1 aromatic rings. The Morgan fingerprint density at radius 3 is 2.53 bits per heavy atom. The van der Waals surface area contributed by atoms with Gasteiger partial charge in [-0.3, -0.25) is 14.9 Å². The standard InChI is InChI=1S/C11H12Cl2N2O4/c1-11(2,17)5-14-10(16)6-3-7(12)9(13)8(4-6)15(18)19/h3-4,17H,5H2,1-2H3,(H,14,16). The number of nitro benzene ring substituents is 1. The van der Waals surface area contributed by atoms with Gasteiger partial charge in [-0.05, 0) is 19.9 Å². The van der Waals surface area contributed by atoms with Crippen LogP contribution in [0.5, 0.6) is 0 Å². The molecule has 8 heteroatoms. The summed E-state index contributed by atoms with van der Waals surface area (Å²) in [6, 6.07) is 2.27. The number of aliphatic hydroxyl groups is 1. The van der Waals surface area contributed by atoms with Crippen molar-refractivity contribution < 1.29 is 14.8 Å². The lowest BCUT2D eigenvalue weighted by Crippen LogP contribution is -2.38. The van der Waals surface area contributed by atoms with Gasteiger partial charge in [0, 0.05) is 18.2 Å². The predicted octanol–water partition coefficient (Wildman–Crippen LogP) is 2.40. The Hall–Kier alpha value is -1.37. The van der Waals surface area contributed by atoms with Gasteiger partial charge in [-0.1, -0.05) is 23.2 Å². The maximum absolute atomic E-state index is 11.8. The molecule has 2 N–H and O–H groups in total. The second-order valence-electron chi connectivity index (χ2n) is 4.54. The monoisotopic (exact) mass is 306 g/mol. The highest BCUT2D eigenvalue weighted by atomic mass is 35.5. The van der Waals surface area contributed by atoms with E-state index in [1.54, 1.807) is 0 Å². The summed E-state index contributed by atoms with van der Waals surface area (Å²) in [4.78, 5) is 21.8. The molecule has 0 spiro atoms. The van der Waals surface area contributed by atoms with Crippen LogP contribution in [-0.4, -0.2) is 28.1 Å². The summed E-state index contributed by atoms with van der Waals surface area (Å²) < 4.78 is 0. The number of hydrogen-bond acceptors (Lipinski definition) is 4. The SMILES string of the molecule is CC(C)(O)CNC(=O)c1cc(Cl)c(Cl)c([N+](=O)[O-])c1. The fraction of sp³-hybridized carbons (Fsp3) is 0.364. The van der Waals surface area contributed by atoms with Crippen LogP contribution < -0.4 is 5.32 Å². The first-order chi connectivity index (χ1) is 8.61. The average molecular weight is 307 g/mol. The Balaban J connectivity index is 3.02. The van der Waals surface area contributed by atoms with Crippen LogP contribution in [0.3, 0.4) is 0 Å². The van der Waals surface area contributed by atoms with Gasteiger partial charge in [0.2, 0.25) is 0 Å². The summed E-state index contributed by atoms with van der Waals surface area (Å²) in [6.45, 7) is 3.04. The summed E-state index contributed by atoms with van der Waals surface area (Å²) in [7, 11) is 0. The normalized spacial score (nSPS) is 11.2. The minimum Gasteiger partial charge on any atom is -0.389 e. The van der Waals surface area contributed by atoms with Crippen molar-refractivity contribution in [3.8, 4) is 0 Å². The third-order valence-electron chi connectivity index (χ3n) is 2.15. The Kier molecular flexibility index (Phi) is 4.73. The number of benzene rings is 1. The second-order valence-corrected chi connectivity index (χ2v) is 5.33. The van der Waals surface area contributed by atoms with E-state index in [0.29, 0.717) is 0 Å². The molecule has 0 unspecified atom stereocenters. The van der Waals surface area contributed by atoms with Crippen LogP contribution in [-0.2, 0) is 0 Å². The molecule has 0 saturated carbocycles. The number of nitrogens with one attached hydrogen (secondary N) is 1. The van der Waals surface area contributed by atoms with E-state index in [9.17, 15) is 20.0 Å². The molecule has 1 aromatic carbocycles. The first-order valence-corrected chi connectivity index (χ1v) is 6.01. The number of hydrogen-bond donors (Lipinski definition) is 2. The summed E-state index contributed by atoms with van der Waals surface area (Å²) in [5.74, 6) is -0.580. The third-order valence-corrected chi connectivity index (χ3v) is 2.94. The van der Waals surface area contributed by atoms with Crippen molar-refractivity contribution in [3.63, 3.8) is 0 Å². The number of halogens is 2. The van der Waals surface area contributed by atoms with Crippen molar-refractivity contribution in [2.24, 2.45) is 0 Å². The van der Waals surface area contributed by atoms with E-state index in [0.717, 1.165) is 6.07 Å². The Labute approximate surface area is 119 Å². The van der Waals surface area contributed by atoms with Gasteiger partial charge >= 0.3 is 0 Å². The van der Waals surface area contributed by atoms with E-state index < -0.39 is 22.1 Å². The van der Waals surface area contributed by atoms with Crippen LogP contribution in [0.4, 0.5) is 5.69 Å². The first-order valence-electron chi connectivity index (χ1n) is 5.26. The molecule has 0 bridgehead atoms. The third kappa shape index (κ3) is 4.34. The molecule has 0 heterocycles. The molecule has 0 saturated heterocycles. The van der Waals surface area contributed by atoms with E-state index >= 15 is 0 Å². The van der Waals surface area contributed by atoms with Crippen LogP contribution >= 0.6 is 23.2 Å². The van der Waals surface area contributed by atoms with Crippen molar-refractivity contribution in [1.29, 1.82) is 0 Å². The Morgan fingerprint density at radius 2 is 2.05 bits per heavy atom. The zero-order chi connectivity index (χ0) is 14.8. The van der Waals surface area contributed by atoms with E-state index in [1.165, 1.54) is 19.9 Å². The van der Waals surface area contributed by atoms with Gasteiger partial charge in [0.05, 0.1) is 15.5 Å². The van der Waals surface area contributed by atoms with Crippen molar-refractivity contribution >= 4 is 34.8 Å². The summed E-state index contributed by atoms with van der Waals surface area (Å²) in [6.07, 6.45) is 0. The predicted molar refractivity (Wildman–Crippen MR) is 71.7 cm³/mol. The molecule has 1 rings (SSSR count). The molecular weight excluding hydrogens is 295 g/mol. The van der Waals surface area contributed by atoms with Crippen LogP contribution in [0.15, 0.2) is 12.1 Å². The van der Waals surface area contributed by atoms with Crippen LogP contribution in [0, 0.1) is 10.1 Å². The van der Waals surface area contributed by atoms with Gasteiger partial charge in [0.15, 0.2) is 0 Å². The smallest absolute Gasteiger partial charge is 0.290 e. The number of amides is 1. The highest BCUT2D eigenvalue weighted by Gasteiger charge is 2.21. The van der Waals surface area contributed by atoms with E-state index in [1.807, 2.05) is 0 Å². The molecule has 0 atom stereocenters. The quantitative estimate of drug-likeness (QED) is 0.660. The largest absolute Gasteiger partial charge is 0.389 e. The number of rotatable bonds is 4. The van der Waals surface area contributed by atoms with E-state index in [4.69, 9.17) is 23.2 Å². The zero-order valence-electron chi connectivity index (χ0n) is 10.2. The van der Waals surface area contributed by atoms with Gasteiger partial charge in [0.1, 0.15) is 5.02 Å². The zero-order valence-corrected chi connectivity index (χ0v) is 11.7. The first kappa shape index (κ1) is 15.7. The fourth-order valence-corrected chi connectivity index (χ4v) is 1.63. The molecule has 0 aromatic heterocycles. The minimum absolute atomic E-state index is 0.000123. The molecule has 0 aliphatic carbocycles. The summed E-state index contributed by atoms with van der Waals surface area (Å²) in [5.41, 5.74) is -1.52. The maximum atomic E-state index is 11.8. The highest BCUT2D eigenvalue weighted by molar-refractivity contribution is 6.43. The van der Waals surface area contributed by atoms with Crippen LogP contribution in [0.2, 0.25) is 10.0 Å². The van der Waals surface area contributed by atoms with Gasteiger partial charge in [-0.2, -0.15) is 0 Å². The maximum Gasteiger partial charge on any atom is 0.290 e. The molecule has 0 aliphatic heterocycles. The number of carbonyl (C=O) groups is 1. The van der Waals surface area contributed by atoms with E-state index in [-0.39, 0.29) is 22.2 Å².